The third-order valence-electron chi connectivity index (χ3n) is 2.11. The average molecular weight is 359 g/mol. The molecule has 6 heteroatoms. The van der Waals surface area contributed by atoms with Crippen molar-refractivity contribution in [3.8, 4) is 0 Å². The summed E-state index contributed by atoms with van der Waals surface area (Å²) >= 11 is 3.54. The van der Waals surface area contributed by atoms with Gasteiger partial charge in [-0.2, -0.15) is 0 Å². The molecular weight excluding hydrogens is 349 g/mol. The second-order valence-corrected chi connectivity index (χ2v) is 5.51. The number of halogens is 1. The minimum atomic E-state index is -0.145. The summed E-state index contributed by atoms with van der Waals surface area (Å²) in [7, 11) is 0. The Kier molecular flexibility index (Phi) is 4.06. The van der Waals surface area contributed by atoms with Crippen molar-refractivity contribution >= 4 is 45.0 Å². The highest BCUT2D eigenvalue weighted by molar-refractivity contribution is 14.1. The molecule has 0 aliphatic carbocycles. The van der Waals surface area contributed by atoms with Crippen LogP contribution in [-0.2, 0) is 6.42 Å². The largest absolute Gasteiger partial charge is 0.296 e. The van der Waals surface area contributed by atoms with Gasteiger partial charge in [-0.05, 0) is 41.1 Å². The summed E-state index contributed by atoms with van der Waals surface area (Å²) in [6, 6.07) is 7.43. The van der Waals surface area contributed by atoms with E-state index in [9.17, 15) is 4.79 Å². The molecule has 0 saturated heterocycles. The number of carbonyl (C=O) groups excluding carboxylic acids is 1. The van der Waals surface area contributed by atoms with Gasteiger partial charge in [0.25, 0.3) is 5.91 Å². The number of hydrogen-bond donors (Lipinski definition) is 1. The maximum absolute atomic E-state index is 12.0. The first-order valence-electron chi connectivity index (χ1n) is 5.09. The van der Waals surface area contributed by atoms with E-state index in [1.54, 1.807) is 6.07 Å². The topological polar surface area (TPSA) is 54.9 Å². The molecular formula is C11H10IN3OS. The molecule has 0 spiro atoms. The first-order chi connectivity index (χ1) is 8.20. The molecule has 0 fully saturated rings. The highest BCUT2D eigenvalue weighted by Gasteiger charge is 2.11. The van der Waals surface area contributed by atoms with Gasteiger partial charge < -0.3 is 0 Å². The standard InChI is InChI=1S/C11H10IN3OS/c1-2-9-14-15-11(17-9)13-10(16)7-5-3-4-6-8(7)12/h3-6H,2H2,1H3,(H,13,15,16). The van der Waals surface area contributed by atoms with E-state index in [4.69, 9.17) is 0 Å². The van der Waals surface area contributed by atoms with Crippen LogP contribution in [0.15, 0.2) is 24.3 Å². The summed E-state index contributed by atoms with van der Waals surface area (Å²) < 4.78 is 0.919. The highest BCUT2D eigenvalue weighted by Crippen LogP contribution is 2.18. The summed E-state index contributed by atoms with van der Waals surface area (Å²) in [5.74, 6) is -0.145. The van der Waals surface area contributed by atoms with Gasteiger partial charge in [0.05, 0.1) is 5.56 Å². The van der Waals surface area contributed by atoms with Crippen molar-refractivity contribution in [2.45, 2.75) is 13.3 Å². The molecule has 17 heavy (non-hydrogen) atoms. The van der Waals surface area contributed by atoms with E-state index in [1.807, 2.05) is 25.1 Å². The minimum absolute atomic E-state index is 0.145. The number of amides is 1. The number of nitrogens with zero attached hydrogens (tertiary/aromatic N) is 2. The fourth-order valence-electron chi connectivity index (χ4n) is 1.26. The molecule has 1 N–H and O–H groups in total. The van der Waals surface area contributed by atoms with Gasteiger partial charge in [-0.15, -0.1) is 10.2 Å². The van der Waals surface area contributed by atoms with E-state index in [0.717, 1.165) is 15.0 Å². The fourth-order valence-corrected chi connectivity index (χ4v) is 2.56. The van der Waals surface area contributed by atoms with Crippen LogP contribution in [0.4, 0.5) is 5.13 Å². The Morgan fingerprint density at radius 1 is 1.41 bits per heavy atom. The lowest BCUT2D eigenvalue weighted by Gasteiger charge is -2.02. The Morgan fingerprint density at radius 2 is 2.18 bits per heavy atom. The first-order valence-corrected chi connectivity index (χ1v) is 6.98. The number of hydrogen-bond acceptors (Lipinski definition) is 4. The van der Waals surface area contributed by atoms with Crippen LogP contribution in [0.1, 0.15) is 22.3 Å². The summed E-state index contributed by atoms with van der Waals surface area (Å²) in [4.78, 5) is 12.0. The molecule has 2 rings (SSSR count). The fraction of sp³-hybridized carbons (Fsp3) is 0.182. The second kappa shape index (κ2) is 5.54. The predicted octanol–water partition coefficient (Wildman–Crippen LogP) is 2.96. The van der Waals surface area contributed by atoms with E-state index in [-0.39, 0.29) is 5.91 Å². The van der Waals surface area contributed by atoms with Crippen LogP contribution in [-0.4, -0.2) is 16.1 Å². The summed E-state index contributed by atoms with van der Waals surface area (Å²) in [5.41, 5.74) is 0.654. The number of aryl methyl sites for hydroxylation is 1. The van der Waals surface area contributed by atoms with Crippen molar-refractivity contribution in [2.75, 3.05) is 5.32 Å². The van der Waals surface area contributed by atoms with Gasteiger partial charge in [-0.3, -0.25) is 10.1 Å². The van der Waals surface area contributed by atoms with E-state index < -0.39 is 0 Å². The normalized spacial score (nSPS) is 10.2. The Morgan fingerprint density at radius 3 is 2.82 bits per heavy atom. The molecule has 0 bridgehead atoms. The summed E-state index contributed by atoms with van der Waals surface area (Å²) in [5, 5.41) is 12.1. The van der Waals surface area contributed by atoms with Crippen LogP contribution in [0, 0.1) is 3.57 Å². The quantitative estimate of drug-likeness (QED) is 0.858. The monoisotopic (exact) mass is 359 g/mol. The molecule has 1 aromatic heterocycles. The molecule has 0 aliphatic heterocycles. The molecule has 0 unspecified atom stereocenters. The molecule has 2 aromatic rings. The number of nitrogens with one attached hydrogen (secondary N) is 1. The van der Waals surface area contributed by atoms with Crippen LogP contribution in [0.2, 0.25) is 0 Å². The molecule has 0 atom stereocenters. The minimum Gasteiger partial charge on any atom is -0.296 e. The maximum Gasteiger partial charge on any atom is 0.258 e. The van der Waals surface area contributed by atoms with Gasteiger partial charge in [0.15, 0.2) is 0 Å². The van der Waals surface area contributed by atoms with E-state index in [2.05, 4.69) is 38.1 Å². The number of benzene rings is 1. The van der Waals surface area contributed by atoms with E-state index in [1.165, 1.54) is 11.3 Å². The average Bonchev–Trinajstić information content (AvgIpc) is 2.77. The molecule has 0 radical (unpaired) electrons. The molecule has 1 amide bonds. The van der Waals surface area contributed by atoms with Gasteiger partial charge in [-0.1, -0.05) is 30.4 Å². The van der Waals surface area contributed by atoms with Crippen LogP contribution in [0.25, 0.3) is 0 Å². The van der Waals surface area contributed by atoms with Crippen molar-refractivity contribution in [1.29, 1.82) is 0 Å². The van der Waals surface area contributed by atoms with Crippen LogP contribution in [0.3, 0.4) is 0 Å². The lowest BCUT2D eigenvalue weighted by Crippen LogP contribution is -2.13. The Labute approximate surface area is 117 Å². The van der Waals surface area contributed by atoms with Crippen molar-refractivity contribution < 1.29 is 4.79 Å². The Hall–Kier alpha value is -1.02. The van der Waals surface area contributed by atoms with Gasteiger partial charge in [0.2, 0.25) is 5.13 Å². The van der Waals surface area contributed by atoms with Crippen molar-refractivity contribution in [2.24, 2.45) is 0 Å². The number of carbonyl (C=O) groups is 1. The smallest absolute Gasteiger partial charge is 0.258 e. The number of aromatic nitrogens is 2. The summed E-state index contributed by atoms with van der Waals surface area (Å²) in [6.45, 7) is 2.01. The molecule has 0 saturated carbocycles. The van der Waals surface area contributed by atoms with Crippen LogP contribution >= 0.6 is 33.9 Å². The highest BCUT2D eigenvalue weighted by atomic mass is 127. The lowest BCUT2D eigenvalue weighted by molar-refractivity contribution is 0.102. The molecule has 1 aromatic carbocycles. The summed E-state index contributed by atoms with van der Waals surface area (Å²) in [6.07, 6.45) is 0.830. The van der Waals surface area contributed by atoms with Crippen molar-refractivity contribution in [3.05, 3.63) is 38.4 Å². The Bertz CT molecular complexity index is 541. The maximum atomic E-state index is 12.0. The van der Waals surface area contributed by atoms with Gasteiger partial charge in [0.1, 0.15) is 5.01 Å². The van der Waals surface area contributed by atoms with Gasteiger partial charge in [-0.25, -0.2) is 0 Å². The number of anilines is 1. The van der Waals surface area contributed by atoms with Gasteiger partial charge >= 0.3 is 0 Å². The zero-order valence-corrected chi connectivity index (χ0v) is 12.1. The van der Waals surface area contributed by atoms with Crippen LogP contribution in [0.5, 0.6) is 0 Å². The van der Waals surface area contributed by atoms with Gasteiger partial charge in [0, 0.05) is 3.57 Å². The van der Waals surface area contributed by atoms with E-state index in [0.29, 0.717) is 10.7 Å². The van der Waals surface area contributed by atoms with Crippen molar-refractivity contribution in [1.82, 2.24) is 10.2 Å². The zero-order valence-electron chi connectivity index (χ0n) is 9.11. The van der Waals surface area contributed by atoms with Crippen molar-refractivity contribution in [3.63, 3.8) is 0 Å². The first kappa shape index (κ1) is 12.4. The third-order valence-corrected chi connectivity index (χ3v) is 4.03. The predicted molar refractivity (Wildman–Crippen MR) is 76.4 cm³/mol. The third kappa shape index (κ3) is 3.01. The zero-order chi connectivity index (χ0) is 12.3. The van der Waals surface area contributed by atoms with Crippen LogP contribution < -0.4 is 5.32 Å². The SMILES string of the molecule is CCc1nnc(NC(=O)c2ccccc2I)s1. The lowest BCUT2D eigenvalue weighted by atomic mass is 10.2. The number of rotatable bonds is 3. The molecule has 4 nitrogen and oxygen atoms in total. The molecule has 1 heterocycles. The van der Waals surface area contributed by atoms with E-state index >= 15 is 0 Å². The Balaban J connectivity index is 2.14. The second-order valence-electron chi connectivity index (χ2n) is 3.29. The molecule has 88 valence electrons. The molecule has 0 aliphatic rings.